The molecule has 0 radical (unpaired) electrons. The second-order valence-electron chi connectivity index (χ2n) is 6.20. The standard InChI is InChI=1S/C21H15F4NO2S/c1-29(28)17-7-3-6-16(12-17)26-20(27)19-11-15(22)8-9-18(19)13-4-2-5-14(10-13)21(23,24)25/h2-12H,1H3,(H,26,27). The first kappa shape index (κ1) is 20.7. The molecule has 0 aromatic heterocycles. The minimum atomic E-state index is -4.55. The second-order valence-corrected chi connectivity index (χ2v) is 7.58. The van der Waals surface area contributed by atoms with Gasteiger partial charge in [0.1, 0.15) is 5.82 Å². The fourth-order valence-corrected chi connectivity index (χ4v) is 3.33. The van der Waals surface area contributed by atoms with Crippen LogP contribution in [0.25, 0.3) is 11.1 Å². The molecular formula is C21H15F4NO2S. The van der Waals surface area contributed by atoms with Gasteiger partial charge in [0.25, 0.3) is 5.91 Å². The van der Waals surface area contributed by atoms with Crippen molar-refractivity contribution in [2.75, 3.05) is 11.6 Å². The van der Waals surface area contributed by atoms with Crippen LogP contribution in [0.3, 0.4) is 0 Å². The molecule has 1 atom stereocenters. The van der Waals surface area contributed by atoms with Gasteiger partial charge in [0.2, 0.25) is 0 Å². The molecule has 0 spiro atoms. The molecule has 0 aliphatic carbocycles. The fourth-order valence-electron chi connectivity index (χ4n) is 2.77. The Hall–Kier alpha value is -3.00. The molecule has 0 aliphatic rings. The molecule has 0 aliphatic heterocycles. The topological polar surface area (TPSA) is 46.2 Å². The molecule has 1 N–H and O–H groups in total. The van der Waals surface area contributed by atoms with E-state index in [4.69, 9.17) is 0 Å². The number of hydrogen-bond acceptors (Lipinski definition) is 2. The molecule has 8 heteroatoms. The number of alkyl halides is 3. The Balaban J connectivity index is 2.00. The number of carbonyl (C=O) groups is 1. The van der Waals surface area contributed by atoms with Crippen molar-refractivity contribution in [1.82, 2.24) is 0 Å². The average molecular weight is 421 g/mol. The molecule has 1 unspecified atom stereocenters. The lowest BCUT2D eigenvalue weighted by Crippen LogP contribution is -2.14. The van der Waals surface area contributed by atoms with Crippen molar-refractivity contribution in [3.05, 3.63) is 83.7 Å². The summed E-state index contributed by atoms with van der Waals surface area (Å²) in [4.78, 5) is 13.2. The van der Waals surface area contributed by atoms with Crippen molar-refractivity contribution in [2.45, 2.75) is 11.1 Å². The lowest BCUT2D eigenvalue weighted by molar-refractivity contribution is -0.137. The predicted molar refractivity (Wildman–Crippen MR) is 104 cm³/mol. The molecule has 0 bridgehead atoms. The maximum absolute atomic E-state index is 13.8. The van der Waals surface area contributed by atoms with E-state index in [2.05, 4.69) is 5.32 Å². The van der Waals surface area contributed by atoms with Gasteiger partial charge in [-0.1, -0.05) is 24.3 Å². The number of amides is 1. The number of rotatable bonds is 4. The Morgan fingerprint density at radius 1 is 0.966 bits per heavy atom. The summed E-state index contributed by atoms with van der Waals surface area (Å²) in [5, 5.41) is 2.57. The van der Waals surface area contributed by atoms with Crippen molar-refractivity contribution in [3.63, 3.8) is 0 Å². The fraction of sp³-hybridized carbons (Fsp3) is 0.0952. The molecule has 29 heavy (non-hydrogen) atoms. The van der Waals surface area contributed by atoms with E-state index < -0.39 is 34.3 Å². The molecule has 3 nitrogen and oxygen atoms in total. The Morgan fingerprint density at radius 2 is 1.69 bits per heavy atom. The summed E-state index contributed by atoms with van der Waals surface area (Å²) in [6.07, 6.45) is -3.06. The first-order valence-electron chi connectivity index (χ1n) is 8.37. The van der Waals surface area contributed by atoms with Gasteiger partial charge < -0.3 is 5.32 Å². The van der Waals surface area contributed by atoms with Crippen LogP contribution < -0.4 is 5.32 Å². The monoisotopic (exact) mass is 421 g/mol. The molecule has 3 aromatic carbocycles. The zero-order chi connectivity index (χ0) is 21.2. The van der Waals surface area contributed by atoms with E-state index in [9.17, 15) is 26.6 Å². The maximum atomic E-state index is 13.8. The third-order valence-corrected chi connectivity index (χ3v) is 5.07. The molecule has 0 fully saturated rings. The smallest absolute Gasteiger partial charge is 0.322 e. The number of nitrogens with one attached hydrogen (secondary N) is 1. The highest BCUT2D eigenvalue weighted by atomic mass is 32.2. The van der Waals surface area contributed by atoms with Crippen LogP contribution in [0.4, 0.5) is 23.2 Å². The lowest BCUT2D eigenvalue weighted by Gasteiger charge is -2.13. The first-order chi connectivity index (χ1) is 13.6. The van der Waals surface area contributed by atoms with Crippen LogP contribution in [0.5, 0.6) is 0 Å². The average Bonchev–Trinajstić information content (AvgIpc) is 2.67. The molecule has 0 saturated heterocycles. The highest BCUT2D eigenvalue weighted by molar-refractivity contribution is 7.84. The van der Waals surface area contributed by atoms with Crippen LogP contribution in [0.15, 0.2) is 71.6 Å². The number of halogens is 4. The lowest BCUT2D eigenvalue weighted by atomic mass is 9.97. The highest BCUT2D eigenvalue weighted by Crippen LogP contribution is 2.33. The van der Waals surface area contributed by atoms with E-state index in [-0.39, 0.29) is 16.7 Å². The SMILES string of the molecule is CS(=O)c1cccc(NC(=O)c2cc(F)ccc2-c2cccc(C(F)(F)F)c2)c1. The largest absolute Gasteiger partial charge is 0.416 e. The zero-order valence-corrected chi connectivity index (χ0v) is 15.9. The quantitative estimate of drug-likeness (QED) is 0.566. The van der Waals surface area contributed by atoms with E-state index in [0.717, 1.165) is 24.3 Å². The first-order valence-corrected chi connectivity index (χ1v) is 9.93. The summed E-state index contributed by atoms with van der Waals surface area (Å²) < 4.78 is 64.5. The van der Waals surface area contributed by atoms with Crippen molar-refractivity contribution < 1.29 is 26.6 Å². The van der Waals surface area contributed by atoms with Crippen molar-refractivity contribution in [2.24, 2.45) is 0 Å². The van der Waals surface area contributed by atoms with Gasteiger partial charge in [-0.25, -0.2) is 4.39 Å². The Kier molecular flexibility index (Phi) is 5.83. The van der Waals surface area contributed by atoms with Gasteiger partial charge in [-0.15, -0.1) is 0 Å². The summed E-state index contributed by atoms with van der Waals surface area (Å²) in [6.45, 7) is 0. The predicted octanol–water partition coefficient (Wildman–Crippen LogP) is 5.50. The van der Waals surface area contributed by atoms with E-state index in [1.54, 1.807) is 18.2 Å². The van der Waals surface area contributed by atoms with Crippen LogP contribution in [0, 0.1) is 5.82 Å². The van der Waals surface area contributed by atoms with Gasteiger partial charge in [-0.2, -0.15) is 13.2 Å². The molecule has 0 saturated carbocycles. The zero-order valence-electron chi connectivity index (χ0n) is 15.1. The second kappa shape index (κ2) is 8.16. The van der Waals surface area contributed by atoms with Gasteiger partial charge in [-0.05, 0) is 53.6 Å². The van der Waals surface area contributed by atoms with Gasteiger partial charge in [0.05, 0.1) is 11.1 Å². The Morgan fingerprint density at radius 3 is 2.38 bits per heavy atom. The van der Waals surface area contributed by atoms with E-state index in [0.29, 0.717) is 10.6 Å². The number of anilines is 1. The molecule has 1 amide bonds. The summed E-state index contributed by atoms with van der Waals surface area (Å²) in [5.74, 6) is -1.40. The molecule has 0 heterocycles. The minimum Gasteiger partial charge on any atom is -0.322 e. The van der Waals surface area contributed by atoms with E-state index in [1.165, 1.54) is 30.5 Å². The van der Waals surface area contributed by atoms with Gasteiger partial charge in [0.15, 0.2) is 0 Å². The third kappa shape index (κ3) is 4.89. The van der Waals surface area contributed by atoms with Crippen molar-refractivity contribution >= 4 is 22.4 Å². The minimum absolute atomic E-state index is 0.118. The maximum Gasteiger partial charge on any atom is 0.416 e. The Labute approximate surface area is 166 Å². The Bertz CT molecular complexity index is 1100. The van der Waals surface area contributed by atoms with Crippen LogP contribution in [0.1, 0.15) is 15.9 Å². The van der Waals surface area contributed by atoms with Gasteiger partial charge in [0, 0.05) is 27.6 Å². The van der Waals surface area contributed by atoms with Gasteiger partial charge in [-0.3, -0.25) is 9.00 Å². The molecule has 3 rings (SSSR count). The van der Waals surface area contributed by atoms with Crippen LogP contribution in [0.2, 0.25) is 0 Å². The molecule has 150 valence electrons. The number of carbonyl (C=O) groups excluding carboxylic acids is 1. The summed E-state index contributed by atoms with van der Waals surface area (Å²) in [7, 11) is -1.27. The normalized spacial score (nSPS) is 12.4. The molecular weight excluding hydrogens is 406 g/mol. The number of hydrogen-bond donors (Lipinski definition) is 1. The van der Waals surface area contributed by atoms with Crippen LogP contribution >= 0.6 is 0 Å². The summed E-state index contributed by atoms with van der Waals surface area (Å²) in [6, 6.07) is 14.1. The van der Waals surface area contributed by atoms with Crippen molar-refractivity contribution in [1.29, 1.82) is 0 Å². The van der Waals surface area contributed by atoms with Crippen LogP contribution in [-0.4, -0.2) is 16.4 Å². The third-order valence-electron chi connectivity index (χ3n) is 4.15. The summed E-state index contributed by atoms with van der Waals surface area (Å²) >= 11 is 0. The number of benzene rings is 3. The molecule has 3 aromatic rings. The summed E-state index contributed by atoms with van der Waals surface area (Å²) in [5.41, 5.74) is -0.364. The van der Waals surface area contributed by atoms with Gasteiger partial charge >= 0.3 is 6.18 Å². The van der Waals surface area contributed by atoms with E-state index >= 15 is 0 Å². The van der Waals surface area contributed by atoms with Crippen molar-refractivity contribution in [3.8, 4) is 11.1 Å². The van der Waals surface area contributed by atoms with E-state index in [1.807, 2.05) is 0 Å². The highest BCUT2D eigenvalue weighted by Gasteiger charge is 2.30. The van der Waals surface area contributed by atoms with Crippen LogP contribution in [-0.2, 0) is 17.0 Å².